The number of benzene rings is 2. The summed E-state index contributed by atoms with van der Waals surface area (Å²) in [6.45, 7) is -0.294. The highest BCUT2D eigenvalue weighted by Crippen LogP contribution is 2.27. The van der Waals surface area contributed by atoms with E-state index in [4.69, 9.17) is 27.9 Å². The van der Waals surface area contributed by atoms with Gasteiger partial charge in [-0.05, 0) is 29.8 Å². The van der Waals surface area contributed by atoms with Gasteiger partial charge in [0.2, 0.25) is 0 Å². The molecule has 0 aromatic heterocycles. The van der Waals surface area contributed by atoms with Gasteiger partial charge in [0, 0.05) is 23.2 Å². The van der Waals surface area contributed by atoms with E-state index >= 15 is 0 Å². The molecule has 1 amide bonds. The Labute approximate surface area is 147 Å². The number of carbonyl (C=O) groups excluding carboxylic acids is 1. The highest BCUT2D eigenvalue weighted by Gasteiger charge is 2.06. The highest BCUT2D eigenvalue weighted by molar-refractivity contribution is 6.34. The van der Waals surface area contributed by atoms with Crippen molar-refractivity contribution in [3.63, 3.8) is 0 Å². The maximum absolute atomic E-state index is 11.6. The molecule has 0 atom stereocenters. The van der Waals surface area contributed by atoms with E-state index in [-0.39, 0.29) is 12.3 Å². The molecule has 2 rings (SSSR count). The molecule has 0 spiro atoms. The SMILES string of the molecule is O=C(COc1cc(Cl)ccc1Cl)N/N=C/c1ccc([N+](=O)[O-])cc1. The van der Waals surface area contributed by atoms with Crippen LogP contribution < -0.4 is 10.2 Å². The molecular weight excluding hydrogens is 357 g/mol. The normalized spacial score (nSPS) is 10.6. The predicted octanol–water partition coefficient (Wildman–Crippen LogP) is 3.43. The molecule has 124 valence electrons. The van der Waals surface area contributed by atoms with Crippen LogP contribution in [0.1, 0.15) is 5.56 Å². The highest BCUT2D eigenvalue weighted by atomic mass is 35.5. The molecule has 24 heavy (non-hydrogen) atoms. The zero-order valence-corrected chi connectivity index (χ0v) is 13.6. The van der Waals surface area contributed by atoms with Crippen LogP contribution in [0.25, 0.3) is 0 Å². The second-order valence-corrected chi connectivity index (χ2v) is 5.35. The zero-order chi connectivity index (χ0) is 17.5. The quantitative estimate of drug-likeness (QED) is 0.480. The number of hydrogen-bond donors (Lipinski definition) is 1. The van der Waals surface area contributed by atoms with Gasteiger partial charge in [-0.25, -0.2) is 5.43 Å². The van der Waals surface area contributed by atoms with Crippen molar-refractivity contribution in [3.8, 4) is 5.75 Å². The summed E-state index contributed by atoms with van der Waals surface area (Å²) < 4.78 is 5.25. The number of nitro benzene ring substituents is 1. The summed E-state index contributed by atoms with van der Waals surface area (Å²) in [4.78, 5) is 21.7. The van der Waals surface area contributed by atoms with Crippen LogP contribution in [-0.4, -0.2) is 23.7 Å². The van der Waals surface area contributed by atoms with E-state index in [0.29, 0.717) is 21.4 Å². The summed E-state index contributed by atoms with van der Waals surface area (Å²) in [7, 11) is 0. The molecule has 0 radical (unpaired) electrons. The second kappa shape index (κ2) is 8.28. The summed E-state index contributed by atoms with van der Waals surface area (Å²) in [5.41, 5.74) is 2.84. The van der Waals surface area contributed by atoms with Crippen molar-refractivity contribution in [3.05, 3.63) is 68.2 Å². The number of halogens is 2. The molecule has 0 heterocycles. The van der Waals surface area contributed by atoms with E-state index in [1.807, 2.05) is 0 Å². The van der Waals surface area contributed by atoms with Gasteiger partial charge < -0.3 is 4.74 Å². The summed E-state index contributed by atoms with van der Waals surface area (Å²) in [5, 5.41) is 15.0. The van der Waals surface area contributed by atoms with Crippen LogP contribution >= 0.6 is 23.2 Å². The smallest absolute Gasteiger partial charge is 0.277 e. The maximum Gasteiger partial charge on any atom is 0.277 e. The number of hydrazone groups is 1. The van der Waals surface area contributed by atoms with Gasteiger partial charge in [-0.3, -0.25) is 14.9 Å². The van der Waals surface area contributed by atoms with E-state index < -0.39 is 10.8 Å². The van der Waals surface area contributed by atoms with Crippen LogP contribution in [0.3, 0.4) is 0 Å². The number of nitro groups is 1. The van der Waals surface area contributed by atoms with Crippen LogP contribution in [-0.2, 0) is 4.79 Å². The lowest BCUT2D eigenvalue weighted by atomic mass is 10.2. The Bertz CT molecular complexity index is 779. The molecule has 0 aliphatic rings. The van der Waals surface area contributed by atoms with Gasteiger partial charge in [0.05, 0.1) is 16.2 Å². The summed E-state index contributed by atoms with van der Waals surface area (Å²) in [6, 6.07) is 10.4. The largest absolute Gasteiger partial charge is 0.482 e. The molecule has 0 saturated heterocycles. The molecule has 1 N–H and O–H groups in total. The lowest BCUT2D eigenvalue weighted by Gasteiger charge is -2.07. The van der Waals surface area contributed by atoms with Crippen LogP contribution in [0.4, 0.5) is 5.69 Å². The molecule has 0 fully saturated rings. The van der Waals surface area contributed by atoms with Gasteiger partial charge in [-0.2, -0.15) is 5.10 Å². The fraction of sp³-hybridized carbons (Fsp3) is 0.0667. The first-order chi connectivity index (χ1) is 11.5. The summed E-state index contributed by atoms with van der Waals surface area (Å²) >= 11 is 11.7. The lowest BCUT2D eigenvalue weighted by molar-refractivity contribution is -0.384. The van der Waals surface area contributed by atoms with Crippen molar-refractivity contribution < 1.29 is 14.5 Å². The third kappa shape index (κ3) is 5.22. The van der Waals surface area contributed by atoms with Gasteiger partial charge in [-0.15, -0.1) is 0 Å². The van der Waals surface area contributed by atoms with E-state index in [1.54, 1.807) is 12.1 Å². The molecular formula is C15H11Cl2N3O4. The number of ether oxygens (including phenoxy) is 1. The number of nitrogens with zero attached hydrogens (tertiary/aromatic N) is 2. The molecule has 0 saturated carbocycles. The number of non-ortho nitro benzene ring substituents is 1. The minimum absolute atomic E-state index is 0.0250. The van der Waals surface area contributed by atoms with Crippen molar-refractivity contribution in [2.75, 3.05) is 6.61 Å². The van der Waals surface area contributed by atoms with Crippen molar-refractivity contribution in [2.24, 2.45) is 5.10 Å². The van der Waals surface area contributed by atoms with E-state index in [1.165, 1.54) is 36.5 Å². The van der Waals surface area contributed by atoms with E-state index in [0.717, 1.165) is 0 Å². The Morgan fingerprint density at radius 1 is 1.25 bits per heavy atom. The number of rotatable bonds is 6. The zero-order valence-electron chi connectivity index (χ0n) is 12.1. The molecule has 0 bridgehead atoms. The predicted molar refractivity (Wildman–Crippen MR) is 90.8 cm³/mol. The molecule has 7 nitrogen and oxygen atoms in total. The monoisotopic (exact) mass is 367 g/mol. The molecule has 9 heteroatoms. The Morgan fingerprint density at radius 2 is 1.96 bits per heavy atom. The van der Waals surface area contributed by atoms with Crippen LogP contribution in [0.15, 0.2) is 47.6 Å². The first-order valence-corrected chi connectivity index (χ1v) is 7.35. The summed E-state index contributed by atoms with van der Waals surface area (Å²) in [5.74, 6) is -0.206. The number of amides is 1. The van der Waals surface area contributed by atoms with Crippen molar-refractivity contribution in [1.29, 1.82) is 0 Å². The third-order valence-corrected chi connectivity index (χ3v) is 3.31. The molecule has 0 aliphatic carbocycles. The van der Waals surface area contributed by atoms with Crippen LogP contribution in [0.2, 0.25) is 10.0 Å². The van der Waals surface area contributed by atoms with Gasteiger partial charge >= 0.3 is 0 Å². The fourth-order valence-electron chi connectivity index (χ4n) is 1.62. The maximum atomic E-state index is 11.6. The standard InChI is InChI=1S/C15H11Cl2N3O4/c16-11-3-6-13(17)14(7-11)24-9-15(21)19-18-8-10-1-4-12(5-2-10)20(22)23/h1-8H,9H2,(H,19,21)/b18-8+. The van der Waals surface area contributed by atoms with Crippen molar-refractivity contribution in [2.45, 2.75) is 0 Å². The average molecular weight is 368 g/mol. The molecule has 2 aromatic carbocycles. The van der Waals surface area contributed by atoms with Gasteiger partial charge in [0.15, 0.2) is 6.61 Å². The molecule has 2 aromatic rings. The summed E-state index contributed by atoms with van der Waals surface area (Å²) in [6.07, 6.45) is 1.36. The second-order valence-electron chi connectivity index (χ2n) is 4.51. The van der Waals surface area contributed by atoms with Gasteiger partial charge in [0.1, 0.15) is 5.75 Å². The first-order valence-electron chi connectivity index (χ1n) is 6.60. The lowest BCUT2D eigenvalue weighted by Crippen LogP contribution is -2.24. The number of hydrogen-bond acceptors (Lipinski definition) is 5. The Hall–Kier alpha value is -2.64. The fourth-order valence-corrected chi connectivity index (χ4v) is 1.96. The van der Waals surface area contributed by atoms with Crippen molar-refractivity contribution >= 4 is 41.0 Å². The topological polar surface area (TPSA) is 93.8 Å². The van der Waals surface area contributed by atoms with Gasteiger partial charge in [0.25, 0.3) is 11.6 Å². The average Bonchev–Trinajstić information content (AvgIpc) is 2.56. The molecule has 0 aliphatic heterocycles. The van der Waals surface area contributed by atoms with E-state index in [2.05, 4.69) is 10.5 Å². The molecule has 0 unspecified atom stereocenters. The minimum Gasteiger partial charge on any atom is -0.482 e. The van der Waals surface area contributed by atoms with E-state index in [9.17, 15) is 14.9 Å². The van der Waals surface area contributed by atoms with Crippen molar-refractivity contribution in [1.82, 2.24) is 5.43 Å². The van der Waals surface area contributed by atoms with Crippen LogP contribution in [0, 0.1) is 10.1 Å². The van der Waals surface area contributed by atoms with Gasteiger partial charge in [-0.1, -0.05) is 23.2 Å². The first kappa shape index (κ1) is 17.7. The minimum atomic E-state index is -0.499. The number of nitrogens with one attached hydrogen (secondary N) is 1. The van der Waals surface area contributed by atoms with Crippen LogP contribution in [0.5, 0.6) is 5.75 Å². The Kier molecular flexibility index (Phi) is 6.11. The Morgan fingerprint density at radius 3 is 2.62 bits per heavy atom. The number of carbonyl (C=O) groups is 1. The Balaban J connectivity index is 1.84. The third-order valence-electron chi connectivity index (χ3n) is 2.76.